The molecule has 0 atom stereocenters. The van der Waals surface area contributed by atoms with Gasteiger partial charge in [0.25, 0.3) is 0 Å². The minimum absolute atomic E-state index is 0.0201. The molecule has 0 radical (unpaired) electrons. The van der Waals surface area contributed by atoms with Gasteiger partial charge in [-0.15, -0.1) is 0 Å². The molecule has 0 amide bonds. The number of ether oxygens (including phenoxy) is 1. The van der Waals surface area contributed by atoms with Crippen molar-refractivity contribution < 1.29 is 9.53 Å². The molecule has 0 aliphatic heterocycles. The summed E-state index contributed by atoms with van der Waals surface area (Å²) in [7, 11) is 0. The number of carbonyl (C=O) groups excluding carboxylic acids is 1. The van der Waals surface area contributed by atoms with Crippen molar-refractivity contribution in [3.8, 4) is 5.75 Å². The number of aromatic amines is 1. The zero-order valence-corrected chi connectivity index (χ0v) is 10.1. The van der Waals surface area contributed by atoms with Crippen molar-refractivity contribution in [2.24, 2.45) is 0 Å². The molecule has 3 nitrogen and oxygen atoms in total. The van der Waals surface area contributed by atoms with Crippen molar-refractivity contribution in [2.75, 3.05) is 6.61 Å². The topological polar surface area (TPSA) is 42.1 Å². The van der Waals surface area contributed by atoms with Crippen LogP contribution in [0.1, 0.15) is 6.92 Å². The van der Waals surface area contributed by atoms with Gasteiger partial charge in [0.1, 0.15) is 12.4 Å². The summed E-state index contributed by atoms with van der Waals surface area (Å²) >= 11 is 0. The second-order valence-electron chi connectivity index (χ2n) is 4.37. The number of Topliss-reactive ketones (excluding diaryl/α,β-unsaturated/α-hetero) is 1. The van der Waals surface area contributed by atoms with Crippen molar-refractivity contribution in [3.63, 3.8) is 0 Å². The maximum Gasteiger partial charge on any atom is 0.167 e. The first-order chi connectivity index (χ1) is 8.74. The number of para-hydroxylation sites is 1. The number of rotatable bonds is 3. The summed E-state index contributed by atoms with van der Waals surface area (Å²) < 4.78 is 5.40. The summed E-state index contributed by atoms with van der Waals surface area (Å²) in [6.45, 7) is 1.63. The van der Waals surface area contributed by atoms with Crippen molar-refractivity contribution >= 4 is 27.6 Å². The number of aromatic nitrogens is 1. The predicted molar refractivity (Wildman–Crippen MR) is 72.0 cm³/mol. The lowest BCUT2D eigenvalue weighted by Gasteiger charge is -2.03. The predicted octanol–water partition coefficient (Wildman–Crippen LogP) is 3.29. The third-order valence-corrected chi connectivity index (χ3v) is 2.92. The van der Waals surface area contributed by atoms with Gasteiger partial charge in [0.05, 0.1) is 5.52 Å². The highest BCUT2D eigenvalue weighted by Crippen LogP contribution is 2.27. The lowest BCUT2D eigenvalue weighted by Crippen LogP contribution is -2.06. The van der Waals surface area contributed by atoms with Crippen LogP contribution >= 0.6 is 0 Å². The third-order valence-electron chi connectivity index (χ3n) is 2.92. The molecule has 0 saturated heterocycles. The van der Waals surface area contributed by atoms with Crippen molar-refractivity contribution in [1.29, 1.82) is 0 Å². The van der Waals surface area contributed by atoms with Gasteiger partial charge in [0, 0.05) is 22.4 Å². The molecule has 1 N–H and O–H groups in total. The molecule has 0 spiro atoms. The average Bonchev–Trinajstić information content (AvgIpc) is 2.73. The first-order valence-electron chi connectivity index (χ1n) is 5.87. The van der Waals surface area contributed by atoms with Crippen LogP contribution in [0, 0.1) is 0 Å². The van der Waals surface area contributed by atoms with Gasteiger partial charge in [-0.25, -0.2) is 0 Å². The molecule has 0 aliphatic rings. The maximum absolute atomic E-state index is 10.9. The number of hydrogen-bond donors (Lipinski definition) is 1. The highest BCUT2D eigenvalue weighted by atomic mass is 16.5. The Hall–Kier alpha value is -2.29. The van der Waals surface area contributed by atoms with Gasteiger partial charge < -0.3 is 9.72 Å². The fraction of sp³-hybridized carbons (Fsp3) is 0.133. The van der Waals surface area contributed by atoms with Gasteiger partial charge in [-0.05, 0) is 25.1 Å². The van der Waals surface area contributed by atoms with Crippen molar-refractivity contribution in [3.05, 3.63) is 42.5 Å². The Bertz CT molecular complexity index is 728. The van der Waals surface area contributed by atoms with E-state index in [1.54, 1.807) is 0 Å². The first kappa shape index (κ1) is 10.8. The second-order valence-corrected chi connectivity index (χ2v) is 4.37. The minimum Gasteiger partial charge on any atom is -0.486 e. The van der Waals surface area contributed by atoms with E-state index < -0.39 is 0 Å². The Morgan fingerprint density at radius 1 is 1.11 bits per heavy atom. The lowest BCUT2D eigenvalue weighted by atomic mass is 10.1. The van der Waals surface area contributed by atoms with Crippen LogP contribution in [0.4, 0.5) is 0 Å². The smallest absolute Gasteiger partial charge is 0.167 e. The molecule has 1 aromatic heterocycles. The standard InChI is InChI=1S/C15H13NO2/c1-10(17)9-18-11-6-7-13-12-4-2-3-5-14(12)16-15(13)8-11/h2-8,16H,9H2,1H3. The van der Waals surface area contributed by atoms with E-state index in [0.717, 1.165) is 11.0 Å². The Morgan fingerprint density at radius 3 is 2.72 bits per heavy atom. The van der Waals surface area contributed by atoms with Crippen LogP contribution in [0.25, 0.3) is 21.8 Å². The number of benzene rings is 2. The van der Waals surface area contributed by atoms with Crippen LogP contribution in [-0.4, -0.2) is 17.4 Å². The molecular formula is C15H13NO2. The fourth-order valence-corrected chi connectivity index (χ4v) is 2.11. The molecule has 0 bridgehead atoms. The minimum atomic E-state index is 0.0201. The van der Waals surface area contributed by atoms with Crippen molar-refractivity contribution in [1.82, 2.24) is 4.98 Å². The lowest BCUT2D eigenvalue weighted by molar-refractivity contribution is -0.118. The van der Waals surface area contributed by atoms with Gasteiger partial charge in [0.15, 0.2) is 5.78 Å². The molecule has 1 heterocycles. The van der Waals surface area contributed by atoms with E-state index in [2.05, 4.69) is 11.1 Å². The molecule has 0 unspecified atom stereocenters. The molecule has 90 valence electrons. The molecular weight excluding hydrogens is 226 g/mol. The van der Waals surface area contributed by atoms with Crippen molar-refractivity contribution in [2.45, 2.75) is 6.92 Å². The number of H-pyrrole nitrogens is 1. The van der Waals surface area contributed by atoms with E-state index >= 15 is 0 Å². The third kappa shape index (κ3) is 1.84. The van der Waals surface area contributed by atoms with Crippen LogP contribution in [0.2, 0.25) is 0 Å². The number of ketones is 1. The number of hydrogen-bond acceptors (Lipinski definition) is 2. The molecule has 3 rings (SSSR count). The molecule has 0 fully saturated rings. The zero-order valence-electron chi connectivity index (χ0n) is 10.1. The van der Waals surface area contributed by atoms with Crippen LogP contribution in [0.3, 0.4) is 0 Å². The van der Waals surface area contributed by atoms with E-state index in [-0.39, 0.29) is 12.4 Å². The van der Waals surface area contributed by atoms with Gasteiger partial charge in [-0.1, -0.05) is 18.2 Å². The normalized spacial score (nSPS) is 10.9. The van der Waals surface area contributed by atoms with Gasteiger partial charge >= 0.3 is 0 Å². The summed E-state index contributed by atoms with van der Waals surface area (Å²) in [6.07, 6.45) is 0. The molecule has 18 heavy (non-hydrogen) atoms. The van der Waals surface area contributed by atoms with Crippen LogP contribution in [0.5, 0.6) is 5.75 Å². The summed E-state index contributed by atoms with van der Waals surface area (Å²) in [5.74, 6) is 0.732. The van der Waals surface area contributed by atoms with E-state index in [1.165, 1.54) is 17.7 Å². The second kappa shape index (κ2) is 4.18. The van der Waals surface area contributed by atoms with E-state index in [4.69, 9.17) is 4.74 Å². The van der Waals surface area contributed by atoms with E-state index in [1.807, 2.05) is 36.4 Å². The van der Waals surface area contributed by atoms with Gasteiger partial charge in [-0.3, -0.25) is 4.79 Å². The fourth-order valence-electron chi connectivity index (χ4n) is 2.11. The Kier molecular flexibility index (Phi) is 2.52. The number of carbonyl (C=O) groups is 1. The van der Waals surface area contributed by atoms with Crippen LogP contribution < -0.4 is 4.74 Å². The molecule has 3 aromatic rings. The SMILES string of the molecule is CC(=O)COc1ccc2c(c1)[nH]c1ccccc12. The summed E-state index contributed by atoms with van der Waals surface area (Å²) in [5, 5.41) is 2.37. The molecule has 3 heteroatoms. The maximum atomic E-state index is 10.9. The Labute approximate surface area is 104 Å². The quantitative estimate of drug-likeness (QED) is 0.762. The largest absolute Gasteiger partial charge is 0.486 e. The Balaban J connectivity index is 2.07. The first-order valence-corrected chi connectivity index (χ1v) is 5.87. The highest BCUT2D eigenvalue weighted by molar-refractivity contribution is 6.07. The Morgan fingerprint density at radius 2 is 1.89 bits per heavy atom. The van der Waals surface area contributed by atoms with Gasteiger partial charge in [0.2, 0.25) is 0 Å². The summed E-state index contributed by atoms with van der Waals surface area (Å²) in [5.41, 5.74) is 2.13. The molecule has 0 saturated carbocycles. The van der Waals surface area contributed by atoms with E-state index in [0.29, 0.717) is 5.75 Å². The van der Waals surface area contributed by atoms with E-state index in [9.17, 15) is 4.79 Å². The molecule has 0 aliphatic carbocycles. The van der Waals surface area contributed by atoms with Crippen LogP contribution in [-0.2, 0) is 4.79 Å². The average molecular weight is 239 g/mol. The highest BCUT2D eigenvalue weighted by Gasteiger charge is 2.05. The number of fused-ring (bicyclic) bond motifs is 3. The summed E-state index contributed by atoms with van der Waals surface area (Å²) in [4.78, 5) is 14.2. The zero-order chi connectivity index (χ0) is 12.5. The van der Waals surface area contributed by atoms with Crippen LogP contribution in [0.15, 0.2) is 42.5 Å². The number of nitrogens with one attached hydrogen (secondary N) is 1. The van der Waals surface area contributed by atoms with Gasteiger partial charge in [-0.2, -0.15) is 0 Å². The molecule has 2 aromatic carbocycles. The summed E-state index contributed by atoms with van der Waals surface area (Å²) in [6, 6.07) is 14.0. The monoisotopic (exact) mass is 239 g/mol.